The van der Waals surface area contributed by atoms with Crippen LogP contribution in [-0.4, -0.2) is 0 Å². The van der Waals surface area contributed by atoms with Gasteiger partial charge < -0.3 is 4.74 Å². The average Bonchev–Trinajstić information content (AvgIpc) is 2.06. The molecule has 1 radical (unpaired) electrons. The number of para-hydroxylation sites is 1. The minimum Gasteiger partial charge on any atom is -0.466 e. The van der Waals surface area contributed by atoms with Gasteiger partial charge in [-0.05, 0) is 12.1 Å². The molecule has 1 nitrogen and oxygen atoms in total. The van der Waals surface area contributed by atoms with Crippen LogP contribution in [0.1, 0.15) is 13.8 Å². The standard InChI is InChI=1S/C10H12ClO/c1-8(2)10(11)12-9-6-4-3-5-7-9/h3-8H,1-2H3. The van der Waals surface area contributed by atoms with Crippen LogP contribution in [0.4, 0.5) is 0 Å². The summed E-state index contributed by atoms with van der Waals surface area (Å²) >= 11 is 5.84. The Labute approximate surface area is 78.3 Å². The van der Waals surface area contributed by atoms with Crippen molar-refractivity contribution in [1.29, 1.82) is 0 Å². The molecular formula is C10H12ClO. The Kier molecular flexibility index (Phi) is 3.42. The average molecular weight is 184 g/mol. The molecule has 0 fully saturated rings. The van der Waals surface area contributed by atoms with Crippen LogP contribution in [-0.2, 0) is 0 Å². The highest BCUT2D eigenvalue weighted by atomic mass is 35.5. The van der Waals surface area contributed by atoms with Crippen molar-refractivity contribution in [2.24, 2.45) is 5.92 Å². The van der Waals surface area contributed by atoms with E-state index in [-0.39, 0.29) is 5.92 Å². The van der Waals surface area contributed by atoms with Gasteiger partial charge in [0.1, 0.15) is 5.75 Å². The van der Waals surface area contributed by atoms with Gasteiger partial charge in [0.15, 0.2) is 0 Å². The summed E-state index contributed by atoms with van der Waals surface area (Å²) in [7, 11) is 0. The Balaban J connectivity index is 2.53. The maximum Gasteiger partial charge on any atom is 0.238 e. The van der Waals surface area contributed by atoms with Crippen LogP contribution in [0.5, 0.6) is 5.75 Å². The highest BCUT2D eigenvalue weighted by Gasteiger charge is 2.12. The second-order valence-corrected chi connectivity index (χ2v) is 3.25. The molecule has 0 saturated carbocycles. The fourth-order valence-electron chi connectivity index (χ4n) is 0.719. The molecule has 0 aromatic heterocycles. The molecule has 0 aliphatic heterocycles. The van der Waals surface area contributed by atoms with E-state index in [4.69, 9.17) is 16.3 Å². The maximum absolute atomic E-state index is 5.84. The maximum atomic E-state index is 5.84. The molecule has 0 N–H and O–H groups in total. The first-order valence-corrected chi connectivity index (χ1v) is 4.33. The first-order valence-electron chi connectivity index (χ1n) is 3.95. The molecule has 0 heterocycles. The van der Waals surface area contributed by atoms with E-state index in [1.807, 2.05) is 44.2 Å². The Bertz CT molecular complexity index is 221. The third-order valence-electron chi connectivity index (χ3n) is 1.41. The number of hydrogen-bond donors (Lipinski definition) is 0. The number of hydrogen-bond acceptors (Lipinski definition) is 1. The van der Waals surface area contributed by atoms with Crippen molar-refractivity contribution in [2.75, 3.05) is 0 Å². The number of halogens is 1. The molecule has 0 unspecified atom stereocenters. The molecule has 0 saturated heterocycles. The third kappa shape index (κ3) is 2.74. The van der Waals surface area contributed by atoms with E-state index < -0.39 is 0 Å². The molecule has 0 atom stereocenters. The lowest BCUT2D eigenvalue weighted by Gasteiger charge is -2.13. The summed E-state index contributed by atoms with van der Waals surface area (Å²) in [4.78, 5) is 0. The predicted octanol–water partition coefficient (Wildman–Crippen LogP) is 3.45. The van der Waals surface area contributed by atoms with Gasteiger partial charge in [-0.1, -0.05) is 43.6 Å². The molecule has 1 aromatic rings. The molecule has 0 spiro atoms. The number of ether oxygens (including phenoxy) is 1. The van der Waals surface area contributed by atoms with Crippen molar-refractivity contribution in [3.05, 3.63) is 35.9 Å². The summed E-state index contributed by atoms with van der Waals surface area (Å²) in [5, 5.41) is 0. The van der Waals surface area contributed by atoms with E-state index in [2.05, 4.69) is 0 Å². The summed E-state index contributed by atoms with van der Waals surface area (Å²) in [6.07, 6.45) is 0. The molecule has 1 aromatic carbocycles. The quantitative estimate of drug-likeness (QED) is 0.698. The van der Waals surface area contributed by atoms with Gasteiger partial charge in [0.2, 0.25) is 5.56 Å². The SMILES string of the molecule is CC(C)[C](Cl)Oc1ccccc1. The fraction of sp³-hybridized carbons (Fsp3) is 0.300. The minimum absolute atomic E-state index is 0.242. The lowest BCUT2D eigenvalue weighted by molar-refractivity contribution is 0.327. The summed E-state index contributed by atoms with van der Waals surface area (Å²) in [5.41, 5.74) is 0.529. The van der Waals surface area contributed by atoms with Crippen molar-refractivity contribution in [2.45, 2.75) is 13.8 Å². The minimum atomic E-state index is 0.242. The van der Waals surface area contributed by atoms with Gasteiger partial charge in [-0.25, -0.2) is 0 Å². The molecule has 1 rings (SSSR count). The lowest BCUT2D eigenvalue weighted by atomic mass is 10.2. The molecular weight excluding hydrogens is 172 g/mol. The first-order chi connectivity index (χ1) is 5.70. The molecule has 0 aliphatic rings. The van der Waals surface area contributed by atoms with Gasteiger partial charge in [-0.15, -0.1) is 0 Å². The van der Waals surface area contributed by atoms with Gasteiger partial charge in [0, 0.05) is 5.92 Å². The van der Waals surface area contributed by atoms with Gasteiger partial charge in [0.05, 0.1) is 0 Å². The first kappa shape index (κ1) is 9.40. The summed E-state index contributed by atoms with van der Waals surface area (Å²) in [5.74, 6) is 1.03. The van der Waals surface area contributed by atoms with E-state index in [9.17, 15) is 0 Å². The van der Waals surface area contributed by atoms with Crippen molar-refractivity contribution < 1.29 is 4.74 Å². The monoisotopic (exact) mass is 183 g/mol. The van der Waals surface area contributed by atoms with E-state index in [0.717, 1.165) is 5.75 Å². The van der Waals surface area contributed by atoms with Gasteiger partial charge in [0.25, 0.3) is 0 Å². The van der Waals surface area contributed by atoms with Gasteiger partial charge in [-0.3, -0.25) is 0 Å². The topological polar surface area (TPSA) is 9.23 Å². The zero-order valence-corrected chi connectivity index (χ0v) is 8.01. The van der Waals surface area contributed by atoms with Crippen LogP contribution in [0.2, 0.25) is 0 Å². The summed E-state index contributed by atoms with van der Waals surface area (Å²) in [6, 6.07) is 9.53. The molecule has 0 amide bonds. The van der Waals surface area contributed by atoms with Crippen molar-refractivity contribution >= 4 is 11.6 Å². The Morgan fingerprint density at radius 3 is 2.33 bits per heavy atom. The Morgan fingerprint density at radius 2 is 1.83 bits per heavy atom. The largest absolute Gasteiger partial charge is 0.466 e. The van der Waals surface area contributed by atoms with E-state index >= 15 is 0 Å². The van der Waals surface area contributed by atoms with Crippen molar-refractivity contribution in [1.82, 2.24) is 0 Å². The summed E-state index contributed by atoms with van der Waals surface area (Å²) < 4.78 is 5.36. The normalized spacial score (nSPS) is 10.8. The van der Waals surface area contributed by atoms with Crippen molar-refractivity contribution in [3.63, 3.8) is 0 Å². The van der Waals surface area contributed by atoms with Crippen LogP contribution in [0, 0.1) is 11.5 Å². The Hall–Kier alpha value is -0.690. The lowest BCUT2D eigenvalue weighted by Crippen LogP contribution is -2.06. The number of rotatable bonds is 3. The second-order valence-electron chi connectivity index (χ2n) is 2.87. The van der Waals surface area contributed by atoms with Crippen LogP contribution < -0.4 is 4.74 Å². The molecule has 0 bridgehead atoms. The van der Waals surface area contributed by atoms with E-state index in [1.165, 1.54) is 0 Å². The zero-order valence-electron chi connectivity index (χ0n) is 7.25. The third-order valence-corrected chi connectivity index (χ3v) is 1.93. The summed E-state index contributed by atoms with van der Waals surface area (Å²) in [6.45, 7) is 3.98. The van der Waals surface area contributed by atoms with E-state index in [1.54, 1.807) is 0 Å². The smallest absolute Gasteiger partial charge is 0.238 e. The van der Waals surface area contributed by atoms with Crippen LogP contribution in [0.25, 0.3) is 0 Å². The van der Waals surface area contributed by atoms with Crippen LogP contribution >= 0.6 is 11.6 Å². The fourth-order valence-corrected chi connectivity index (χ4v) is 0.808. The zero-order chi connectivity index (χ0) is 8.97. The van der Waals surface area contributed by atoms with Crippen LogP contribution in [0.3, 0.4) is 0 Å². The number of benzene rings is 1. The molecule has 2 heteroatoms. The van der Waals surface area contributed by atoms with Crippen LogP contribution in [0.15, 0.2) is 30.3 Å². The Morgan fingerprint density at radius 1 is 1.25 bits per heavy atom. The van der Waals surface area contributed by atoms with Gasteiger partial charge in [-0.2, -0.15) is 0 Å². The molecule has 0 aliphatic carbocycles. The van der Waals surface area contributed by atoms with E-state index in [0.29, 0.717) is 5.56 Å². The highest BCUT2D eigenvalue weighted by Crippen LogP contribution is 2.23. The molecule has 12 heavy (non-hydrogen) atoms. The van der Waals surface area contributed by atoms with Crippen molar-refractivity contribution in [3.8, 4) is 5.75 Å². The molecule has 65 valence electrons. The second kappa shape index (κ2) is 4.36. The highest BCUT2D eigenvalue weighted by molar-refractivity contribution is 6.26. The van der Waals surface area contributed by atoms with Gasteiger partial charge >= 0.3 is 0 Å². The predicted molar refractivity (Wildman–Crippen MR) is 51.0 cm³/mol.